The van der Waals surface area contributed by atoms with Gasteiger partial charge in [0.05, 0.1) is 38.2 Å². The summed E-state index contributed by atoms with van der Waals surface area (Å²) in [5.74, 6) is 0.717. The van der Waals surface area contributed by atoms with Gasteiger partial charge >= 0.3 is 0 Å². The molecule has 0 aromatic heterocycles. The SMILES string of the molecule is COc1ccc(NC(=O)CC2SC(=Nc3cc(C)ccc3C)N(CC3CCCO3)C2=O)c(OC)c1. The average molecular weight is 498 g/mol. The number of carbonyl (C=O) groups excluding carboxylic acids is 2. The van der Waals surface area contributed by atoms with Crippen molar-refractivity contribution in [1.29, 1.82) is 0 Å². The molecule has 2 unspecified atom stereocenters. The lowest BCUT2D eigenvalue weighted by Gasteiger charge is -2.20. The number of hydrogen-bond donors (Lipinski definition) is 1. The van der Waals surface area contributed by atoms with E-state index in [2.05, 4.69) is 5.32 Å². The van der Waals surface area contributed by atoms with Gasteiger partial charge in [0.1, 0.15) is 16.7 Å². The van der Waals surface area contributed by atoms with E-state index in [1.807, 2.05) is 32.0 Å². The summed E-state index contributed by atoms with van der Waals surface area (Å²) < 4.78 is 16.4. The molecule has 0 bridgehead atoms. The highest BCUT2D eigenvalue weighted by atomic mass is 32.2. The maximum Gasteiger partial charge on any atom is 0.242 e. The van der Waals surface area contributed by atoms with Crippen LogP contribution < -0.4 is 14.8 Å². The molecule has 1 N–H and O–H groups in total. The number of nitrogens with one attached hydrogen (secondary N) is 1. The standard InChI is InChI=1S/C26H31N3O5S/c1-16-7-8-17(2)21(12-16)28-26-29(15-19-6-5-11-34-19)25(31)23(35-26)14-24(30)27-20-10-9-18(32-3)13-22(20)33-4/h7-10,12-13,19,23H,5-6,11,14-15H2,1-4H3,(H,27,30). The average Bonchev–Trinajstić information content (AvgIpc) is 3.46. The van der Waals surface area contributed by atoms with Gasteiger partial charge in [-0.15, -0.1) is 0 Å². The summed E-state index contributed by atoms with van der Waals surface area (Å²) in [5, 5.41) is 2.91. The number of amidine groups is 1. The van der Waals surface area contributed by atoms with E-state index in [4.69, 9.17) is 19.2 Å². The molecule has 35 heavy (non-hydrogen) atoms. The van der Waals surface area contributed by atoms with Gasteiger partial charge in [-0.2, -0.15) is 0 Å². The van der Waals surface area contributed by atoms with Gasteiger partial charge in [-0.3, -0.25) is 14.5 Å². The fourth-order valence-corrected chi connectivity index (χ4v) is 5.26. The number of methoxy groups -OCH3 is 2. The van der Waals surface area contributed by atoms with Crippen molar-refractivity contribution in [2.75, 3.05) is 32.7 Å². The Balaban J connectivity index is 1.53. The molecule has 0 radical (unpaired) electrons. The summed E-state index contributed by atoms with van der Waals surface area (Å²) in [6, 6.07) is 11.2. The van der Waals surface area contributed by atoms with Gasteiger partial charge in [0.2, 0.25) is 11.8 Å². The molecule has 0 spiro atoms. The molecule has 2 aromatic rings. The Hall–Kier alpha value is -3.04. The number of benzene rings is 2. The number of hydrogen-bond acceptors (Lipinski definition) is 7. The van der Waals surface area contributed by atoms with Crippen molar-refractivity contribution < 1.29 is 23.8 Å². The maximum atomic E-state index is 13.4. The van der Waals surface area contributed by atoms with Crippen molar-refractivity contribution in [2.24, 2.45) is 4.99 Å². The van der Waals surface area contributed by atoms with Crippen molar-refractivity contribution >= 4 is 40.1 Å². The van der Waals surface area contributed by atoms with Gasteiger partial charge in [0.25, 0.3) is 0 Å². The third kappa shape index (κ3) is 5.97. The number of nitrogens with zero attached hydrogens (tertiary/aromatic N) is 2. The van der Waals surface area contributed by atoms with Crippen LogP contribution in [0, 0.1) is 13.8 Å². The summed E-state index contributed by atoms with van der Waals surface area (Å²) in [6.45, 7) is 5.16. The van der Waals surface area contributed by atoms with Crippen LogP contribution in [-0.4, -0.2) is 60.6 Å². The van der Waals surface area contributed by atoms with E-state index in [0.717, 1.165) is 29.7 Å². The summed E-state index contributed by atoms with van der Waals surface area (Å²) in [6.07, 6.45) is 1.90. The molecular weight excluding hydrogens is 466 g/mol. The number of carbonyl (C=O) groups is 2. The first kappa shape index (κ1) is 25.1. The molecule has 2 atom stereocenters. The number of aryl methyl sites for hydroxylation is 2. The second kappa shape index (κ2) is 11.1. The minimum atomic E-state index is -0.565. The zero-order valence-electron chi connectivity index (χ0n) is 20.5. The lowest BCUT2D eigenvalue weighted by molar-refractivity contribution is -0.129. The van der Waals surface area contributed by atoms with Gasteiger partial charge in [-0.1, -0.05) is 23.9 Å². The van der Waals surface area contributed by atoms with Crippen LogP contribution in [0.4, 0.5) is 11.4 Å². The molecule has 2 amide bonds. The number of thioether (sulfide) groups is 1. The van der Waals surface area contributed by atoms with Crippen LogP contribution >= 0.6 is 11.8 Å². The van der Waals surface area contributed by atoms with E-state index >= 15 is 0 Å². The van der Waals surface area contributed by atoms with E-state index in [0.29, 0.717) is 35.5 Å². The maximum absolute atomic E-state index is 13.4. The molecule has 0 saturated carbocycles. The topological polar surface area (TPSA) is 89.5 Å². The van der Waals surface area contributed by atoms with Crippen molar-refractivity contribution in [2.45, 2.75) is 44.5 Å². The number of rotatable bonds is 8. The Morgan fingerprint density at radius 1 is 1.20 bits per heavy atom. The number of aliphatic imine (C=N–C) groups is 1. The van der Waals surface area contributed by atoms with Crippen LogP contribution in [0.15, 0.2) is 41.4 Å². The Morgan fingerprint density at radius 2 is 2.03 bits per heavy atom. The molecule has 2 saturated heterocycles. The number of amides is 2. The summed E-state index contributed by atoms with van der Waals surface area (Å²) in [5.41, 5.74) is 3.47. The van der Waals surface area contributed by atoms with Gasteiger partial charge in [-0.25, -0.2) is 4.99 Å². The molecule has 2 aliphatic rings. The molecule has 0 aliphatic carbocycles. The monoisotopic (exact) mass is 497 g/mol. The Morgan fingerprint density at radius 3 is 2.74 bits per heavy atom. The summed E-state index contributed by atoms with van der Waals surface area (Å²) in [4.78, 5) is 32.8. The van der Waals surface area contributed by atoms with Crippen LogP contribution in [-0.2, 0) is 14.3 Å². The van der Waals surface area contributed by atoms with E-state index in [1.165, 1.54) is 18.9 Å². The van der Waals surface area contributed by atoms with Crippen molar-refractivity contribution in [3.05, 3.63) is 47.5 Å². The summed E-state index contributed by atoms with van der Waals surface area (Å²) in [7, 11) is 3.09. The molecule has 2 fully saturated rings. The lowest BCUT2D eigenvalue weighted by Crippen LogP contribution is -2.38. The lowest BCUT2D eigenvalue weighted by atomic mass is 10.1. The molecule has 2 heterocycles. The third-order valence-electron chi connectivity index (χ3n) is 6.06. The Labute approximate surface area is 210 Å². The van der Waals surface area contributed by atoms with Crippen LogP contribution in [0.1, 0.15) is 30.4 Å². The smallest absolute Gasteiger partial charge is 0.242 e. The Kier molecular flexibility index (Phi) is 7.97. The molecule has 2 aromatic carbocycles. The minimum Gasteiger partial charge on any atom is -0.497 e. The fraction of sp³-hybridized carbons (Fsp3) is 0.423. The Bertz CT molecular complexity index is 1130. The first-order chi connectivity index (χ1) is 16.9. The normalized spacial score (nSPS) is 21.0. The molecular formula is C26H31N3O5S. The van der Waals surface area contributed by atoms with Crippen LogP contribution in [0.25, 0.3) is 0 Å². The number of anilines is 1. The van der Waals surface area contributed by atoms with E-state index in [1.54, 1.807) is 30.2 Å². The van der Waals surface area contributed by atoms with Crippen LogP contribution in [0.2, 0.25) is 0 Å². The van der Waals surface area contributed by atoms with Crippen molar-refractivity contribution in [1.82, 2.24) is 4.90 Å². The summed E-state index contributed by atoms with van der Waals surface area (Å²) >= 11 is 1.33. The second-order valence-electron chi connectivity index (χ2n) is 8.69. The second-order valence-corrected chi connectivity index (χ2v) is 9.86. The van der Waals surface area contributed by atoms with Crippen LogP contribution in [0.5, 0.6) is 11.5 Å². The first-order valence-electron chi connectivity index (χ1n) is 11.7. The van der Waals surface area contributed by atoms with Gasteiger partial charge in [-0.05, 0) is 56.0 Å². The molecule has 9 heteroatoms. The third-order valence-corrected chi connectivity index (χ3v) is 7.24. The highest BCUT2D eigenvalue weighted by Gasteiger charge is 2.40. The van der Waals surface area contributed by atoms with Gasteiger partial charge in [0.15, 0.2) is 5.17 Å². The predicted octanol–water partition coefficient (Wildman–Crippen LogP) is 4.46. The van der Waals surface area contributed by atoms with Gasteiger partial charge < -0.3 is 19.5 Å². The molecule has 186 valence electrons. The van der Waals surface area contributed by atoms with E-state index in [9.17, 15) is 9.59 Å². The quantitative estimate of drug-likeness (QED) is 0.579. The molecule has 4 rings (SSSR count). The zero-order valence-corrected chi connectivity index (χ0v) is 21.3. The van der Waals surface area contributed by atoms with E-state index < -0.39 is 5.25 Å². The van der Waals surface area contributed by atoms with Crippen molar-refractivity contribution in [3.63, 3.8) is 0 Å². The number of ether oxygens (including phenoxy) is 3. The van der Waals surface area contributed by atoms with Crippen molar-refractivity contribution in [3.8, 4) is 11.5 Å². The zero-order chi connectivity index (χ0) is 24.9. The molecule has 2 aliphatic heterocycles. The minimum absolute atomic E-state index is 0.0144. The van der Waals surface area contributed by atoms with E-state index in [-0.39, 0.29) is 24.3 Å². The predicted molar refractivity (Wildman–Crippen MR) is 138 cm³/mol. The first-order valence-corrected chi connectivity index (χ1v) is 12.5. The largest absolute Gasteiger partial charge is 0.497 e. The van der Waals surface area contributed by atoms with Gasteiger partial charge in [0, 0.05) is 19.1 Å². The molecule has 8 nitrogen and oxygen atoms in total. The van der Waals surface area contributed by atoms with Crippen LogP contribution in [0.3, 0.4) is 0 Å². The highest BCUT2D eigenvalue weighted by Crippen LogP contribution is 2.35. The fourth-order valence-electron chi connectivity index (χ4n) is 4.10. The highest BCUT2D eigenvalue weighted by molar-refractivity contribution is 8.15.